The number of nitrogens with zero attached hydrogens (tertiary/aromatic N) is 1. The number of amides is 1. The number of carbonyl (C=O) groups excluding carboxylic acids is 1. The van der Waals surface area contributed by atoms with Crippen molar-refractivity contribution in [2.45, 2.75) is 74.8 Å². The minimum Gasteiger partial charge on any atom is -0.393 e. The van der Waals surface area contributed by atoms with Gasteiger partial charge < -0.3 is 10.4 Å². The largest absolute Gasteiger partial charge is 0.393 e. The monoisotopic (exact) mass is 394 g/mol. The zero-order valence-corrected chi connectivity index (χ0v) is 16.6. The molecule has 2 N–H and O–H groups in total. The predicted octanol–water partition coefficient (Wildman–Crippen LogP) is 2.21. The van der Waals surface area contributed by atoms with Gasteiger partial charge in [-0.2, -0.15) is 4.31 Å². The van der Waals surface area contributed by atoms with Crippen LogP contribution < -0.4 is 5.32 Å². The molecule has 150 valence electrons. The van der Waals surface area contributed by atoms with Crippen LogP contribution in [0.1, 0.15) is 56.9 Å². The van der Waals surface area contributed by atoms with Gasteiger partial charge in [-0.15, -0.1) is 0 Å². The zero-order chi connectivity index (χ0) is 19.3. The van der Waals surface area contributed by atoms with Gasteiger partial charge in [-0.25, -0.2) is 8.42 Å². The lowest BCUT2D eigenvalue weighted by atomic mass is 9.93. The minimum atomic E-state index is -3.40. The van der Waals surface area contributed by atoms with Gasteiger partial charge in [0.2, 0.25) is 15.9 Å². The number of aliphatic hydroxyl groups is 1. The quantitative estimate of drug-likeness (QED) is 0.774. The van der Waals surface area contributed by atoms with E-state index >= 15 is 0 Å². The van der Waals surface area contributed by atoms with E-state index in [0.717, 1.165) is 50.5 Å². The van der Waals surface area contributed by atoms with Crippen molar-refractivity contribution in [1.29, 1.82) is 0 Å². The number of aliphatic hydroxyl groups excluding tert-OH is 1. The first-order valence-corrected chi connectivity index (χ1v) is 11.5. The summed E-state index contributed by atoms with van der Waals surface area (Å²) >= 11 is 0. The Labute approximate surface area is 162 Å². The van der Waals surface area contributed by atoms with Crippen LogP contribution in [-0.4, -0.2) is 49.0 Å². The molecule has 1 saturated heterocycles. The Kier molecular flexibility index (Phi) is 6.89. The van der Waals surface area contributed by atoms with Crippen molar-refractivity contribution in [3.63, 3.8) is 0 Å². The number of carbonyl (C=O) groups is 1. The maximum atomic E-state index is 12.7. The first kappa shape index (κ1) is 20.3. The van der Waals surface area contributed by atoms with Crippen LogP contribution in [0.4, 0.5) is 0 Å². The molecule has 0 aromatic heterocycles. The van der Waals surface area contributed by atoms with Crippen LogP contribution in [0.3, 0.4) is 0 Å². The maximum absolute atomic E-state index is 12.7. The van der Waals surface area contributed by atoms with Crippen LogP contribution >= 0.6 is 0 Å². The summed E-state index contributed by atoms with van der Waals surface area (Å²) in [5.41, 5.74) is 0.960. The van der Waals surface area contributed by atoms with Crippen LogP contribution in [0, 0.1) is 0 Å². The fourth-order valence-electron chi connectivity index (χ4n) is 3.86. The first-order valence-electron chi connectivity index (χ1n) is 10.0. The number of benzene rings is 1. The van der Waals surface area contributed by atoms with Crippen LogP contribution in [0.25, 0.3) is 0 Å². The predicted molar refractivity (Wildman–Crippen MR) is 104 cm³/mol. The summed E-state index contributed by atoms with van der Waals surface area (Å²) in [4.78, 5) is 12.5. The molecule has 0 spiro atoms. The summed E-state index contributed by atoms with van der Waals surface area (Å²) in [5, 5.41) is 12.6. The van der Waals surface area contributed by atoms with E-state index < -0.39 is 10.0 Å². The zero-order valence-electron chi connectivity index (χ0n) is 15.8. The molecule has 0 bridgehead atoms. The molecule has 3 rings (SSSR count). The van der Waals surface area contributed by atoms with E-state index in [2.05, 4.69) is 5.32 Å². The van der Waals surface area contributed by atoms with E-state index in [1.165, 1.54) is 0 Å². The molecule has 27 heavy (non-hydrogen) atoms. The van der Waals surface area contributed by atoms with Crippen LogP contribution in [0.15, 0.2) is 29.2 Å². The molecule has 0 unspecified atom stereocenters. The molecule has 0 radical (unpaired) electrons. The van der Waals surface area contributed by atoms with Crippen molar-refractivity contribution < 1.29 is 18.3 Å². The highest BCUT2D eigenvalue weighted by Crippen LogP contribution is 2.21. The highest BCUT2D eigenvalue weighted by atomic mass is 32.2. The molecule has 2 aliphatic rings. The second-order valence-electron chi connectivity index (χ2n) is 7.68. The van der Waals surface area contributed by atoms with E-state index in [1.807, 2.05) is 0 Å². The average molecular weight is 395 g/mol. The maximum Gasteiger partial charge on any atom is 0.243 e. The van der Waals surface area contributed by atoms with Crippen molar-refractivity contribution in [1.82, 2.24) is 9.62 Å². The van der Waals surface area contributed by atoms with Crippen LogP contribution in [-0.2, 0) is 21.2 Å². The Morgan fingerprint density at radius 3 is 2.30 bits per heavy atom. The molecule has 2 fully saturated rings. The van der Waals surface area contributed by atoms with Crippen LogP contribution in [0.2, 0.25) is 0 Å². The molecule has 0 atom stereocenters. The number of nitrogens with one attached hydrogen (secondary N) is 1. The summed E-state index contributed by atoms with van der Waals surface area (Å²) in [6, 6.07) is 7.08. The van der Waals surface area contributed by atoms with Gasteiger partial charge in [-0.05, 0) is 62.6 Å². The van der Waals surface area contributed by atoms with E-state index in [1.54, 1.807) is 28.6 Å². The number of sulfonamides is 1. The molecular weight excluding hydrogens is 364 g/mol. The topological polar surface area (TPSA) is 86.7 Å². The molecule has 7 heteroatoms. The Bertz CT molecular complexity index is 719. The average Bonchev–Trinajstić information content (AvgIpc) is 2.69. The summed E-state index contributed by atoms with van der Waals surface area (Å²) in [6.45, 7) is 1.20. The van der Waals surface area contributed by atoms with Gasteiger partial charge in [0.1, 0.15) is 0 Å². The molecular formula is C20H30N2O4S. The first-order chi connectivity index (χ1) is 12.9. The van der Waals surface area contributed by atoms with Crippen molar-refractivity contribution in [2.75, 3.05) is 13.1 Å². The Morgan fingerprint density at radius 2 is 1.67 bits per heavy atom. The molecule has 1 heterocycles. The number of piperidine rings is 1. The molecule has 1 aromatic rings. The summed E-state index contributed by atoms with van der Waals surface area (Å²) in [6.07, 6.45) is 6.84. The van der Waals surface area contributed by atoms with Crippen molar-refractivity contribution in [3.05, 3.63) is 29.8 Å². The highest BCUT2D eigenvalue weighted by Gasteiger charge is 2.25. The summed E-state index contributed by atoms with van der Waals surface area (Å²) in [7, 11) is -3.40. The second-order valence-corrected chi connectivity index (χ2v) is 9.62. The number of hydrogen-bond acceptors (Lipinski definition) is 4. The lowest BCUT2D eigenvalue weighted by molar-refractivity contribution is -0.122. The Morgan fingerprint density at radius 1 is 1.04 bits per heavy atom. The van der Waals surface area contributed by atoms with Crippen molar-refractivity contribution in [3.8, 4) is 0 Å². The third-order valence-electron chi connectivity index (χ3n) is 5.58. The van der Waals surface area contributed by atoms with Gasteiger partial charge in [0.05, 0.1) is 11.0 Å². The van der Waals surface area contributed by atoms with E-state index in [9.17, 15) is 18.3 Å². The number of rotatable bonds is 6. The molecule has 1 aliphatic heterocycles. The second kappa shape index (κ2) is 9.17. The highest BCUT2D eigenvalue weighted by molar-refractivity contribution is 7.89. The van der Waals surface area contributed by atoms with Gasteiger partial charge in [0, 0.05) is 25.6 Å². The van der Waals surface area contributed by atoms with E-state index in [-0.39, 0.29) is 18.1 Å². The van der Waals surface area contributed by atoms with Crippen molar-refractivity contribution >= 4 is 15.9 Å². The van der Waals surface area contributed by atoms with Crippen molar-refractivity contribution in [2.24, 2.45) is 0 Å². The third-order valence-corrected chi connectivity index (χ3v) is 7.49. The fourth-order valence-corrected chi connectivity index (χ4v) is 5.38. The Balaban J connectivity index is 1.49. The van der Waals surface area contributed by atoms with E-state index in [0.29, 0.717) is 30.8 Å². The van der Waals surface area contributed by atoms with Gasteiger partial charge in [-0.1, -0.05) is 18.6 Å². The van der Waals surface area contributed by atoms with Gasteiger partial charge in [-0.3, -0.25) is 4.79 Å². The molecule has 1 saturated carbocycles. The molecule has 1 amide bonds. The number of aryl methyl sites for hydroxylation is 1. The lowest BCUT2D eigenvalue weighted by Crippen LogP contribution is -2.38. The number of hydrogen-bond donors (Lipinski definition) is 2. The summed E-state index contributed by atoms with van der Waals surface area (Å²) < 4.78 is 26.9. The lowest BCUT2D eigenvalue weighted by Gasteiger charge is -2.26. The van der Waals surface area contributed by atoms with E-state index in [4.69, 9.17) is 0 Å². The Hall–Kier alpha value is -1.44. The SMILES string of the molecule is O=C(CCc1ccc(S(=O)(=O)N2CCCCC2)cc1)NC1CCC(O)CC1. The smallest absolute Gasteiger partial charge is 0.243 e. The van der Waals surface area contributed by atoms with Gasteiger partial charge >= 0.3 is 0 Å². The third kappa shape index (κ3) is 5.53. The van der Waals surface area contributed by atoms with Gasteiger partial charge in [0.25, 0.3) is 0 Å². The molecule has 1 aliphatic carbocycles. The van der Waals surface area contributed by atoms with Crippen LogP contribution in [0.5, 0.6) is 0 Å². The molecule has 6 nitrogen and oxygen atoms in total. The fraction of sp³-hybridized carbons (Fsp3) is 0.650. The minimum absolute atomic E-state index is 0.0152. The molecule has 1 aromatic carbocycles. The van der Waals surface area contributed by atoms with Gasteiger partial charge in [0.15, 0.2) is 0 Å². The normalized spacial score (nSPS) is 24.5. The standard InChI is InChI=1S/C20H30N2O4S/c23-18-9-7-17(8-10-18)21-20(24)13-6-16-4-11-19(12-5-16)27(25,26)22-14-2-1-3-15-22/h4-5,11-12,17-18,23H,1-3,6-10,13-15H2,(H,21,24). The summed E-state index contributed by atoms with van der Waals surface area (Å²) in [5.74, 6) is 0.0152.